The molecular formula is C29H34N4O3S. The first-order valence-corrected chi connectivity index (χ1v) is 13.8. The van der Waals surface area contributed by atoms with E-state index in [2.05, 4.69) is 16.0 Å². The third kappa shape index (κ3) is 5.49. The highest BCUT2D eigenvalue weighted by Gasteiger charge is 2.29. The molecule has 1 fully saturated rings. The van der Waals surface area contributed by atoms with E-state index < -0.39 is 0 Å². The number of fused-ring (bicyclic) bond motifs is 1. The topological polar surface area (TPSA) is 66.0 Å². The van der Waals surface area contributed by atoms with Crippen LogP contribution in [0.1, 0.15) is 52.7 Å². The summed E-state index contributed by atoms with van der Waals surface area (Å²) in [6, 6.07) is 13.8. The van der Waals surface area contributed by atoms with Gasteiger partial charge in [-0.05, 0) is 49.4 Å². The highest BCUT2D eigenvalue weighted by Crippen LogP contribution is 2.33. The Morgan fingerprint density at radius 3 is 2.78 bits per heavy atom. The van der Waals surface area contributed by atoms with E-state index in [4.69, 9.17) is 4.74 Å². The zero-order valence-electron chi connectivity index (χ0n) is 21.7. The number of benzene rings is 1. The number of aromatic nitrogens is 1. The Balaban J connectivity index is 1.33. The van der Waals surface area contributed by atoms with E-state index in [1.165, 1.54) is 0 Å². The fourth-order valence-corrected chi connectivity index (χ4v) is 5.69. The van der Waals surface area contributed by atoms with Crippen molar-refractivity contribution in [1.29, 1.82) is 0 Å². The lowest BCUT2D eigenvalue weighted by Gasteiger charge is -2.30. The summed E-state index contributed by atoms with van der Waals surface area (Å²) in [5.74, 6) is 1.08. The lowest BCUT2D eigenvalue weighted by atomic mass is 9.84. The van der Waals surface area contributed by atoms with Gasteiger partial charge < -0.3 is 19.4 Å². The van der Waals surface area contributed by atoms with E-state index in [9.17, 15) is 9.59 Å². The average molecular weight is 519 g/mol. The van der Waals surface area contributed by atoms with Crippen LogP contribution in [-0.4, -0.2) is 55.4 Å². The Hall–Kier alpha value is -3.39. The number of anilines is 2. The predicted molar refractivity (Wildman–Crippen MR) is 148 cm³/mol. The third-order valence-electron chi connectivity index (χ3n) is 7.39. The van der Waals surface area contributed by atoms with Gasteiger partial charge in [-0.3, -0.25) is 14.6 Å². The zero-order valence-corrected chi connectivity index (χ0v) is 22.5. The summed E-state index contributed by atoms with van der Waals surface area (Å²) < 4.78 is 6.51. The van der Waals surface area contributed by atoms with Crippen LogP contribution in [0.2, 0.25) is 0 Å². The molecule has 37 heavy (non-hydrogen) atoms. The fraction of sp³-hybridized carbons (Fsp3) is 0.414. The molecule has 1 saturated carbocycles. The van der Waals surface area contributed by atoms with Gasteiger partial charge in [0.1, 0.15) is 11.9 Å². The maximum atomic E-state index is 13.5. The number of ether oxygens (including phenoxy) is 1. The minimum Gasteiger partial charge on any atom is -0.485 e. The van der Waals surface area contributed by atoms with Crippen molar-refractivity contribution in [3.8, 4) is 5.75 Å². The quantitative estimate of drug-likeness (QED) is 0.404. The Labute approximate surface area is 222 Å². The van der Waals surface area contributed by atoms with Crippen molar-refractivity contribution < 1.29 is 14.3 Å². The summed E-state index contributed by atoms with van der Waals surface area (Å²) in [6.45, 7) is 3.85. The van der Waals surface area contributed by atoms with Crippen LogP contribution in [-0.2, 0) is 4.79 Å². The van der Waals surface area contributed by atoms with Crippen molar-refractivity contribution >= 4 is 34.5 Å². The van der Waals surface area contributed by atoms with Crippen LogP contribution in [0.3, 0.4) is 0 Å². The highest BCUT2D eigenvalue weighted by molar-refractivity contribution is 7.10. The number of thiophene rings is 1. The molecule has 1 aliphatic carbocycles. The summed E-state index contributed by atoms with van der Waals surface area (Å²) in [5, 5.41) is 2.05. The molecule has 5 rings (SSSR count). The van der Waals surface area contributed by atoms with Gasteiger partial charge in [-0.25, -0.2) is 0 Å². The van der Waals surface area contributed by atoms with Crippen molar-refractivity contribution in [2.24, 2.45) is 5.92 Å². The molecule has 1 aromatic carbocycles. The molecule has 0 spiro atoms. The number of hydrogen-bond donors (Lipinski definition) is 0. The second kappa shape index (κ2) is 10.9. The van der Waals surface area contributed by atoms with Gasteiger partial charge in [0.25, 0.3) is 5.91 Å². The fourth-order valence-electron chi connectivity index (χ4n) is 4.90. The second-order valence-electron chi connectivity index (χ2n) is 10.0. The second-order valence-corrected chi connectivity index (χ2v) is 11.0. The molecule has 0 bridgehead atoms. The number of rotatable bonds is 8. The lowest BCUT2D eigenvalue weighted by molar-refractivity contribution is -0.137. The maximum absolute atomic E-state index is 13.5. The van der Waals surface area contributed by atoms with Crippen LogP contribution >= 0.6 is 11.3 Å². The standard InChI is InChI=1S/C29H34N4O3S/c1-20-17-25-24(19-30-20)29(35)33(15-14-31(25)2)22-9-5-10-23(18-22)36-26(27-11-6-16-37-27)12-13-32(3)28(34)21-7-4-8-21/h5-6,9-11,16-19,21,26H,4,7-8,12-15H2,1-3H3. The number of amides is 2. The summed E-state index contributed by atoms with van der Waals surface area (Å²) in [5.41, 5.74) is 3.20. The molecule has 2 amide bonds. The van der Waals surface area contributed by atoms with Gasteiger partial charge >= 0.3 is 0 Å². The van der Waals surface area contributed by atoms with Crippen LogP contribution in [0, 0.1) is 12.8 Å². The molecular weight excluding hydrogens is 484 g/mol. The van der Waals surface area contributed by atoms with Crippen LogP contribution < -0.4 is 14.5 Å². The first kappa shape index (κ1) is 25.3. The van der Waals surface area contributed by atoms with Crippen molar-refractivity contribution in [3.63, 3.8) is 0 Å². The van der Waals surface area contributed by atoms with Crippen LogP contribution in [0.15, 0.2) is 54.0 Å². The third-order valence-corrected chi connectivity index (χ3v) is 8.35. The van der Waals surface area contributed by atoms with Crippen molar-refractivity contribution in [2.45, 2.75) is 38.7 Å². The molecule has 8 heteroatoms. The van der Waals surface area contributed by atoms with Gasteiger partial charge in [-0.15, -0.1) is 11.3 Å². The summed E-state index contributed by atoms with van der Waals surface area (Å²) >= 11 is 1.66. The predicted octanol–water partition coefficient (Wildman–Crippen LogP) is 5.32. The molecule has 0 radical (unpaired) electrons. The summed E-state index contributed by atoms with van der Waals surface area (Å²) in [4.78, 5) is 37.4. The van der Waals surface area contributed by atoms with Crippen LogP contribution in [0.5, 0.6) is 5.75 Å². The van der Waals surface area contributed by atoms with Gasteiger partial charge in [0.05, 0.1) is 11.3 Å². The molecule has 1 atom stereocenters. The van der Waals surface area contributed by atoms with Gasteiger partial charge in [-0.2, -0.15) is 0 Å². The minimum atomic E-state index is -0.175. The highest BCUT2D eigenvalue weighted by atomic mass is 32.1. The Bertz CT molecular complexity index is 1260. The number of hydrogen-bond acceptors (Lipinski definition) is 6. The largest absolute Gasteiger partial charge is 0.485 e. The van der Waals surface area contributed by atoms with E-state index in [0.29, 0.717) is 37.4 Å². The Morgan fingerprint density at radius 2 is 2.05 bits per heavy atom. The minimum absolute atomic E-state index is 0.0602. The SMILES string of the molecule is Cc1cc2c(cn1)C(=O)N(c1cccc(OC(CCN(C)C(=O)C3CCC3)c3cccs3)c1)CCN2C. The van der Waals surface area contributed by atoms with E-state index in [-0.39, 0.29) is 23.8 Å². The number of carbonyl (C=O) groups is 2. The van der Waals surface area contributed by atoms with Gasteiger partial charge in [-0.1, -0.05) is 18.6 Å². The molecule has 7 nitrogen and oxygen atoms in total. The summed E-state index contributed by atoms with van der Waals surface area (Å²) in [6.07, 6.45) is 5.37. The van der Waals surface area contributed by atoms with Gasteiger partial charge in [0.2, 0.25) is 5.91 Å². The number of aryl methyl sites for hydroxylation is 1. The normalized spacial score (nSPS) is 16.6. The Morgan fingerprint density at radius 1 is 1.22 bits per heavy atom. The summed E-state index contributed by atoms with van der Waals surface area (Å²) in [7, 11) is 3.90. The van der Waals surface area contributed by atoms with Crippen molar-refractivity contribution in [3.05, 3.63) is 70.2 Å². The Kier molecular flexibility index (Phi) is 7.46. The molecule has 3 heterocycles. The van der Waals surface area contributed by atoms with Crippen molar-refractivity contribution in [1.82, 2.24) is 9.88 Å². The monoisotopic (exact) mass is 518 g/mol. The molecule has 194 valence electrons. The average Bonchev–Trinajstić information content (AvgIpc) is 3.36. The number of pyridine rings is 1. The molecule has 2 aliphatic rings. The van der Waals surface area contributed by atoms with Crippen LogP contribution in [0.25, 0.3) is 0 Å². The number of nitrogens with zero attached hydrogens (tertiary/aromatic N) is 4. The molecule has 2 aromatic heterocycles. The van der Waals surface area contributed by atoms with Gasteiger partial charge in [0, 0.05) is 74.6 Å². The first-order chi connectivity index (χ1) is 17.9. The van der Waals surface area contributed by atoms with E-state index in [1.54, 1.807) is 22.4 Å². The van der Waals surface area contributed by atoms with Crippen LogP contribution in [0.4, 0.5) is 11.4 Å². The zero-order chi connectivity index (χ0) is 25.9. The van der Waals surface area contributed by atoms with E-state index >= 15 is 0 Å². The number of carbonyl (C=O) groups excluding carboxylic acids is 2. The molecule has 0 saturated heterocycles. The van der Waals surface area contributed by atoms with E-state index in [0.717, 1.165) is 41.2 Å². The smallest absolute Gasteiger partial charge is 0.262 e. The van der Waals surface area contributed by atoms with E-state index in [1.807, 2.05) is 67.7 Å². The van der Waals surface area contributed by atoms with Gasteiger partial charge in [0.15, 0.2) is 0 Å². The molecule has 0 N–H and O–H groups in total. The molecule has 3 aromatic rings. The number of likely N-dealkylation sites (N-methyl/N-ethyl adjacent to an activating group) is 1. The first-order valence-electron chi connectivity index (χ1n) is 13.0. The lowest BCUT2D eigenvalue weighted by Crippen LogP contribution is -2.37. The molecule has 1 aliphatic heterocycles. The molecule has 1 unspecified atom stereocenters. The maximum Gasteiger partial charge on any atom is 0.262 e. The van der Waals surface area contributed by atoms with Crippen molar-refractivity contribution in [2.75, 3.05) is 43.5 Å².